The van der Waals surface area contributed by atoms with Crippen molar-refractivity contribution < 1.29 is 0 Å². The van der Waals surface area contributed by atoms with Crippen LogP contribution >= 0.6 is 0 Å². The molecule has 0 N–H and O–H groups in total. The Morgan fingerprint density at radius 3 is 2.83 bits per heavy atom. The molecular formula is C12H14. The Bertz CT molecular complexity index is 321. The van der Waals surface area contributed by atoms with Crippen molar-refractivity contribution in [2.24, 2.45) is 0 Å². The Labute approximate surface area is 73.9 Å². The van der Waals surface area contributed by atoms with Crippen LogP contribution in [0.15, 0.2) is 35.9 Å². The SMILES string of the molecule is CC1=CCc2ccccc2C1C. The van der Waals surface area contributed by atoms with Crippen molar-refractivity contribution in [2.75, 3.05) is 0 Å². The van der Waals surface area contributed by atoms with Crippen LogP contribution in [0.2, 0.25) is 0 Å². The van der Waals surface area contributed by atoms with Crippen LogP contribution in [0.1, 0.15) is 30.9 Å². The third kappa shape index (κ3) is 1.08. The lowest BCUT2D eigenvalue weighted by atomic mass is 9.84. The van der Waals surface area contributed by atoms with Crippen LogP contribution in [0.4, 0.5) is 0 Å². The van der Waals surface area contributed by atoms with Gasteiger partial charge in [-0.25, -0.2) is 0 Å². The van der Waals surface area contributed by atoms with Gasteiger partial charge >= 0.3 is 0 Å². The van der Waals surface area contributed by atoms with Crippen LogP contribution in [0, 0.1) is 0 Å². The molecule has 0 aliphatic heterocycles. The van der Waals surface area contributed by atoms with E-state index in [0.29, 0.717) is 5.92 Å². The zero-order chi connectivity index (χ0) is 8.55. The van der Waals surface area contributed by atoms with Gasteiger partial charge in [-0.15, -0.1) is 0 Å². The summed E-state index contributed by atoms with van der Waals surface area (Å²) in [5, 5.41) is 0. The average molecular weight is 158 g/mol. The smallest absolute Gasteiger partial charge is 0.00199 e. The van der Waals surface area contributed by atoms with Gasteiger partial charge < -0.3 is 0 Å². The van der Waals surface area contributed by atoms with Crippen molar-refractivity contribution in [3.63, 3.8) is 0 Å². The minimum absolute atomic E-state index is 0.620. The van der Waals surface area contributed by atoms with Gasteiger partial charge in [0.05, 0.1) is 0 Å². The van der Waals surface area contributed by atoms with Crippen molar-refractivity contribution in [3.8, 4) is 0 Å². The molecule has 1 aliphatic rings. The second-order valence-corrected chi connectivity index (χ2v) is 3.57. The summed E-state index contributed by atoms with van der Waals surface area (Å²) >= 11 is 0. The summed E-state index contributed by atoms with van der Waals surface area (Å²) in [6, 6.07) is 8.74. The van der Waals surface area contributed by atoms with Gasteiger partial charge in [-0.1, -0.05) is 42.8 Å². The summed E-state index contributed by atoms with van der Waals surface area (Å²) in [4.78, 5) is 0. The molecule has 12 heavy (non-hydrogen) atoms. The maximum absolute atomic E-state index is 2.34. The van der Waals surface area contributed by atoms with Gasteiger partial charge in [0.15, 0.2) is 0 Å². The van der Waals surface area contributed by atoms with Crippen LogP contribution in [-0.4, -0.2) is 0 Å². The van der Waals surface area contributed by atoms with Gasteiger partial charge in [-0.3, -0.25) is 0 Å². The molecule has 0 heterocycles. The highest BCUT2D eigenvalue weighted by Gasteiger charge is 2.14. The maximum atomic E-state index is 2.34. The van der Waals surface area contributed by atoms with E-state index in [2.05, 4.69) is 44.2 Å². The Kier molecular flexibility index (Phi) is 1.76. The van der Waals surface area contributed by atoms with Crippen molar-refractivity contribution >= 4 is 0 Å². The normalized spacial score (nSPS) is 21.5. The van der Waals surface area contributed by atoms with Crippen LogP contribution in [0.25, 0.3) is 0 Å². The molecule has 0 fully saturated rings. The van der Waals surface area contributed by atoms with Gasteiger partial charge in [-0.2, -0.15) is 0 Å². The minimum Gasteiger partial charge on any atom is -0.0806 e. The standard InChI is InChI=1S/C12H14/c1-9-7-8-11-5-3-4-6-12(11)10(9)2/h3-7,10H,8H2,1-2H3. The predicted octanol–water partition coefficient (Wildman–Crippen LogP) is 3.29. The number of allylic oxidation sites excluding steroid dienone is 2. The quantitative estimate of drug-likeness (QED) is 0.508. The van der Waals surface area contributed by atoms with E-state index in [1.165, 1.54) is 16.7 Å². The summed E-state index contributed by atoms with van der Waals surface area (Å²) in [6.45, 7) is 4.50. The molecule has 1 aromatic carbocycles. The summed E-state index contributed by atoms with van der Waals surface area (Å²) in [5.74, 6) is 0.620. The zero-order valence-corrected chi connectivity index (χ0v) is 7.67. The van der Waals surface area contributed by atoms with Crippen LogP contribution in [0.5, 0.6) is 0 Å². The number of fused-ring (bicyclic) bond motifs is 1. The van der Waals surface area contributed by atoms with Crippen molar-refractivity contribution in [1.29, 1.82) is 0 Å². The monoisotopic (exact) mass is 158 g/mol. The van der Waals surface area contributed by atoms with E-state index >= 15 is 0 Å². The topological polar surface area (TPSA) is 0 Å². The number of rotatable bonds is 0. The molecule has 0 saturated carbocycles. The molecule has 0 amide bonds. The molecule has 1 atom stereocenters. The van der Waals surface area contributed by atoms with Crippen molar-refractivity contribution in [2.45, 2.75) is 26.2 Å². The fourth-order valence-corrected chi connectivity index (χ4v) is 1.84. The molecule has 1 aromatic rings. The number of hydrogen-bond acceptors (Lipinski definition) is 0. The van der Waals surface area contributed by atoms with E-state index in [9.17, 15) is 0 Å². The van der Waals surface area contributed by atoms with E-state index in [0.717, 1.165) is 6.42 Å². The minimum atomic E-state index is 0.620. The Morgan fingerprint density at radius 2 is 2.00 bits per heavy atom. The zero-order valence-electron chi connectivity index (χ0n) is 7.67. The first-order valence-electron chi connectivity index (χ1n) is 4.53. The molecule has 0 radical (unpaired) electrons. The molecule has 1 unspecified atom stereocenters. The highest BCUT2D eigenvalue weighted by Crippen LogP contribution is 2.31. The molecule has 0 heteroatoms. The summed E-state index contributed by atoms with van der Waals surface area (Å²) in [5.41, 5.74) is 4.52. The molecule has 1 aliphatic carbocycles. The van der Waals surface area contributed by atoms with E-state index < -0.39 is 0 Å². The molecule has 0 aromatic heterocycles. The average Bonchev–Trinajstić information content (AvgIpc) is 2.12. The van der Waals surface area contributed by atoms with Crippen LogP contribution in [-0.2, 0) is 6.42 Å². The molecule has 0 spiro atoms. The Hall–Kier alpha value is -1.04. The summed E-state index contributed by atoms with van der Waals surface area (Å²) in [7, 11) is 0. The third-order valence-electron chi connectivity index (χ3n) is 2.85. The highest BCUT2D eigenvalue weighted by molar-refractivity contribution is 5.40. The van der Waals surface area contributed by atoms with Gasteiger partial charge in [0.25, 0.3) is 0 Å². The van der Waals surface area contributed by atoms with Crippen molar-refractivity contribution in [1.82, 2.24) is 0 Å². The summed E-state index contributed by atoms with van der Waals surface area (Å²) in [6.07, 6.45) is 3.46. The molecule has 0 nitrogen and oxygen atoms in total. The van der Waals surface area contributed by atoms with E-state index in [-0.39, 0.29) is 0 Å². The van der Waals surface area contributed by atoms with Crippen LogP contribution in [0.3, 0.4) is 0 Å². The molecule has 0 bridgehead atoms. The number of hydrogen-bond donors (Lipinski definition) is 0. The molecule has 62 valence electrons. The fourth-order valence-electron chi connectivity index (χ4n) is 1.84. The van der Waals surface area contributed by atoms with E-state index in [1.54, 1.807) is 0 Å². The lowest BCUT2D eigenvalue weighted by Crippen LogP contribution is -2.05. The predicted molar refractivity (Wildman–Crippen MR) is 52.3 cm³/mol. The van der Waals surface area contributed by atoms with Gasteiger partial charge in [0.1, 0.15) is 0 Å². The highest BCUT2D eigenvalue weighted by atomic mass is 14.2. The summed E-state index contributed by atoms with van der Waals surface area (Å²) < 4.78 is 0. The second kappa shape index (κ2) is 2.78. The second-order valence-electron chi connectivity index (χ2n) is 3.57. The lowest BCUT2D eigenvalue weighted by Gasteiger charge is -2.21. The van der Waals surface area contributed by atoms with Crippen molar-refractivity contribution in [3.05, 3.63) is 47.0 Å². The maximum Gasteiger partial charge on any atom is 0.00199 e. The largest absolute Gasteiger partial charge is 0.0806 e. The molecule has 0 saturated heterocycles. The van der Waals surface area contributed by atoms with Gasteiger partial charge in [0, 0.05) is 5.92 Å². The first-order chi connectivity index (χ1) is 5.79. The lowest BCUT2D eigenvalue weighted by molar-refractivity contribution is 0.842. The Balaban J connectivity index is 2.49. The number of benzene rings is 1. The van der Waals surface area contributed by atoms with Gasteiger partial charge in [0.2, 0.25) is 0 Å². The fraction of sp³-hybridized carbons (Fsp3) is 0.333. The first kappa shape index (κ1) is 7.60. The molecule has 2 rings (SSSR count). The first-order valence-corrected chi connectivity index (χ1v) is 4.53. The Morgan fingerprint density at radius 1 is 1.25 bits per heavy atom. The molecular weight excluding hydrogens is 144 g/mol. The van der Waals surface area contributed by atoms with E-state index in [1.807, 2.05) is 0 Å². The third-order valence-corrected chi connectivity index (χ3v) is 2.85. The van der Waals surface area contributed by atoms with E-state index in [4.69, 9.17) is 0 Å². The van der Waals surface area contributed by atoms with Gasteiger partial charge in [-0.05, 0) is 24.5 Å². The van der Waals surface area contributed by atoms with Crippen LogP contribution < -0.4 is 0 Å².